The van der Waals surface area contributed by atoms with Crippen molar-refractivity contribution in [3.8, 4) is 11.3 Å². The fourth-order valence-electron chi connectivity index (χ4n) is 2.67. The molecule has 1 aliphatic rings. The number of rotatable bonds is 5. The second kappa shape index (κ2) is 9.75. The van der Waals surface area contributed by atoms with Crippen LogP contribution in [0.15, 0.2) is 63.0 Å². The van der Waals surface area contributed by atoms with E-state index in [4.69, 9.17) is 9.15 Å². The molecule has 0 radical (unpaired) electrons. The number of carbonyl (C=O) groups is 3. The van der Waals surface area contributed by atoms with E-state index < -0.39 is 28.4 Å². The van der Waals surface area contributed by atoms with Crippen LogP contribution in [0.5, 0.6) is 0 Å². The number of nitrogens with zero attached hydrogens (tertiary/aromatic N) is 2. The Bertz CT molecular complexity index is 1250. The molecule has 2 aromatic rings. The number of nitrogens with one attached hydrogen (secondary N) is 2. The molecule has 34 heavy (non-hydrogen) atoms. The highest BCUT2D eigenvalue weighted by atomic mass is 32.2. The fraction of sp³-hybridized carbons (Fsp3) is 0.182. The molecule has 176 valence electrons. The van der Waals surface area contributed by atoms with Gasteiger partial charge in [-0.2, -0.15) is 4.99 Å². The number of hydrogen-bond acceptors (Lipinski definition) is 8. The first-order valence-electron chi connectivity index (χ1n) is 9.79. The quantitative estimate of drug-likeness (QED) is 0.367. The van der Waals surface area contributed by atoms with Crippen LogP contribution in [0, 0.1) is 10.1 Å². The van der Waals surface area contributed by atoms with E-state index in [0.717, 1.165) is 11.8 Å². The predicted octanol–water partition coefficient (Wildman–Crippen LogP) is 3.98. The Morgan fingerprint density at radius 2 is 1.97 bits per heavy atom. The number of benzene rings is 1. The monoisotopic (exact) mass is 484 g/mol. The first-order chi connectivity index (χ1) is 15.9. The van der Waals surface area contributed by atoms with E-state index >= 15 is 0 Å². The van der Waals surface area contributed by atoms with E-state index in [0.29, 0.717) is 5.56 Å². The molecule has 0 spiro atoms. The standard InChI is InChI=1S/C22H20N4O7S/c1-12(23-21(29)33-22(2,3)4)18(27)24-20-25-19(28)17(34-20)11-13-9-10-16(32-13)14-7-5-6-8-15(14)26(30)31/h5-11H,1H2,2-4H3,(H,23,29)(H,24,25,27,28)/b17-11-. The maximum atomic E-state index is 12.3. The molecule has 11 nitrogen and oxygen atoms in total. The zero-order valence-electron chi connectivity index (χ0n) is 18.4. The van der Waals surface area contributed by atoms with E-state index in [1.54, 1.807) is 51.1 Å². The number of ether oxygens (including phenoxy) is 1. The number of furan rings is 1. The first-order valence-corrected chi connectivity index (χ1v) is 10.6. The van der Waals surface area contributed by atoms with Crippen LogP contribution in [-0.2, 0) is 14.3 Å². The number of nitro groups is 1. The highest BCUT2D eigenvalue weighted by Gasteiger charge is 2.26. The van der Waals surface area contributed by atoms with Crippen LogP contribution in [0.1, 0.15) is 26.5 Å². The van der Waals surface area contributed by atoms with Crippen LogP contribution in [-0.4, -0.2) is 33.6 Å². The Labute approximate surface area is 198 Å². The van der Waals surface area contributed by atoms with Gasteiger partial charge in [0.05, 0.1) is 15.4 Å². The highest BCUT2D eigenvalue weighted by Crippen LogP contribution is 2.33. The molecule has 3 rings (SSSR count). The van der Waals surface area contributed by atoms with Gasteiger partial charge in [-0.3, -0.25) is 25.0 Å². The summed E-state index contributed by atoms with van der Waals surface area (Å²) in [6, 6.07) is 9.22. The van der Waals surface area contributed by atoms with Crippen LogP contribution >= 0.6 is 11.8 Å². The van der Waals surface area contributed by atoms with E-state index in [2.05, 4.69) is 22.2 Å². The number of aliphatic imine (C=N–C) groups is 1. The molecule has 1 saturated heterocycles. The maximum absolute atomic E-state index is 12.3. The molecule has 0 saturated carbocycles. The van der Waals surface area contributed by atoms with Gasteiger partial charge in [-0.1, -0.05) is 18.7 Å². The molecule has 2 heterocycles. The van der Waals surface area contributed by atoms with Gasteiger partial charge in [0.2, 0.25) is 0 Å². The molecule has 12 heteroatoms. The summed E-state index contributed by atoms with van der Waals surface area (Å²) in [6.07, 6.45) is 0.556. The van der Waals surface area contributed by atoms with Gasteiger partial charge in [-0.25, -0.2) is 4.79 Å². The van der Waals surface area contributed by atoms with Gasteiger partial charge in [0.1, 0.15) is 22.8 Å². The van der Waals surface area contributed by atoms with Gasteiger partial charge in [-0.15, -0.1) is 0 Å². The van der Waals surface area contributed by atoms with Gasteiger partial charge < -0.3 is 14.5 Å². The van der Waals surface area contributed by atoms with Crippen LogP contribution < -0.4 is 10.6 Å². The summed E-state index contributed by atoms with van der Waals surface area (Å²) in [5.74, 6) is -0.858. The molecule has 1 aromatic carbocycles. The number of nitro benzene ring substituents is 1. The summed E-state index contributed by atoms with van der Waals surface area (Å²) < 4.78 is 10.7. The first kappa shape index (κ1) is 24.5. The van der Waals surface area contributed by atoms with E-state index in [1.807, 2.05) is 0 Å². The van der Waals surface area contributed by atoms with E-state index in [-0.39, 0.29) is 33.0 Å². The zero-order valence-corrected chi connectivity index (χ0v) is 19.2. The Balaban J connectivity index is 1.70. The Hall–Kier alpha value is -4.19. The number of amidine groups is 1. The fourth-order valence-corrected chi connectivity index (χ4v) is 3.47. The Kier molecular flexibility index (Phi) is 7.01. The maximum Gasteiger partial charge on any atom is 0.412 e. The van der Waals surface area contributed by atoms with Crippen molar-refractivity contribution in [2.24, 2.45) is 4.99 Å². The highest BCUT2D eigenvalue weighted by molar-refractivity contribution is 8.18. The molecule has 2 N–H and O–H groups in total. The lowest BCUT2D eigenvalue weighted by molar-refractivity contribution is -0.384. The summed E-state index contributed by atoms with van der Waals surface area (Å²) in [7, 11) is 0. The van der Waals surface area contributed by atoms with Crippen molar-refractivity contribution in [2.45, 2.75) is 26.4 Å². The lowest BCUT2D eigenvalue weighted by Crippen LogP contribution is -2.33. The van der Waals surface area contributed by atoms with Crippen molar-refractivity contribution in [3.63, 3.8) is 0 Å². The largest absolute Gasteiger partial charge is 0.456 e. The molecule has 3 amide bonds. The second-order valence-electron chi connectivity index (χ2n) is 7.87. The third-order valence-electron chi connectivity index (χ3n) is 4.03. The smallest absolute Gasteiger partial charge is 0.412 e. The molecule has 1 aliphatic heterocycles. The number of hydrogen-bond donors (Lipinski definition) is 2. The SMILES string of the molecule is C=C(NC(=O)OC(C)(C)C)C(=O)/N=C1\NC(=O)/C(=C/c2ccc(-c3ccccc3[N+](=O)[O-])o2)S1. The average Bonchev–Trinajstić information content (AvgIpc) is 3.33. The predicted molar refractivity (Wildman–Crippen MR) is 125 cm³/mol. The van der Waals surface area contributed by atoms with Crippen molar-refractivity contribution in [3.05, 3.63) is 69.5 Å². The topological polar surface area (TPSA) is 153 Å². The van der Waals surface area contributed by atoms with Crippen molar-refractivity contribution in [2.75, 3.05) is 0 Å². The lowest BCUT2D eigenvalue weighted by Gasteiger charge is -2.19. The van der Waals surface area contributed by atoms with E-state index in [1.165, 1.54) is 12.1 Å². The molecule has 1 aromatic heterocycles. The molecular weight excluding hydrogens is 464 g/mol. The molecule has 0 atom stereocenters. The van der Waals surface area contributed by atoms with Crippen LogP contribution in [0.4, 0.5) is 10.5 Å². The minimum absolute atomic E-state index is 0.0149. The molecule has 1 fully saturated rings. The van der Waals surface area contributed by atoms with Crippen molar-refractivity contribution in [1.82, 2.24) is 10.6 Å². The van der Waals surface area contributed by atoms with Crippen molar-refractivity contribution >= 4 is 46.6 Å². The number of alkyl carbamates (subject to hydrolysis) is 1. The van der Waals surface area contributed by atoms with Crippen LogP contribution in [0.3, 0.4) is 0 Å². The van der Waals surface area contributed by atoms with Crippen LogP contribution in [0.25, 0.3) is 17.4 Å². The molecular formula is C22H20N4O7S. The summed E-state index contributed by atoms with van der Waals surface area (Å²) in [5, 5.41) is 15.8. The number of para-hydroxylation sites is 1. The molecule has 0 bridgehead atoms. The minimum atomic E-state index is -0.869. The van der Waals surface area contributed by atoms with Gasteiger partial charge in [0, 0.05) is 12.1 Å². The van der Waals surface area contributed by atoms with E-state index in [9.17, 15) is 24.5 Å². The lowest BCUT2D eigenvalue weighted by atomic mass is 10.1. The number of amides is 3. The van der Waals surface area contributed by atoms with Gasteiger partial charge in [-0.05, 0) is 50.7 Å². The minimum Gasteiger partial charge on any atom is -0.456 e. The van der Waals surface area contributed by atoms with Gasteiger partial charge in [0.25, 0.3) is 17.5 Å². The average molecular weight is 484 g/mol. The number of thioether (sulfide) groups is 1. The normalized spacial score (nSPS) is 15.8. The van der Waals surface area contributed by atoms with Crippen molar-refractivity contribution < 1.29 is 28.5 Å². The molecule has 0 unspecified atom stereocenters. The van der Waals surface area contributed by atoms with Gasteiger partial charge >= 0.3 is 6.09 Å². The third-order valence-corrected chi connectivity index (χ3v) is 4.94. The van der Waals surface area contributed by atoms with Crippen LogP contribution in [0.2, 0.25) is 0 Å². The Morgan fingerprint density at radius 1 is 1.26 bits per heavy atom. The number of carbonyl (C=O) groups excluding carboxylic acids is 3. The Morgan fingerprint density at radius 3 is 2.65 bits per heavy atom. The van der Waals surface area contributed by atoms with Crippen molar-refractivity contribution in [1.29, 1.82) is 0 Å². The summed E-state index contributed by atoms with van der Waals surface area (Å²) in [4.78, 5) is 50.9. The summed E-state index contributed by atoms with van der Waals surface area (Å²) >= 11 is 0.878. The summed E-state index contributed by atoms with van der Waals surface area (Å²) in [6.45, 7) is 8.45. The summed E-state index contributed by atoms with van der Waals surface area (Å²) in [5.41, 5.74) is -0.901. The second-order valence-corrected chi connectivity index (χ2v) is 8.90. The molecule has 0 aliphatic carbocycles. The zero-order chi connectivity index (χ0) is 25.0. The van der Waals surface area contributed by atoms with Gasteiger partial charge in [0.15, 0.2) is 5.17 Å². The third kappa shape index (κ3) is 6.19.